The molecule has 2 saturated heterocycles. The number of hydrogen-bond donors (Lipinski definition) is 2. The lowest BCUT2D eigenvalue weighted by molar-refractivity contribution is 0.0524. The lowest BCUT2D eigenvalue weighted by Gasteiger charge is -2.39. The van der Waals surface area contributed by atoms with E-state index in [0.717, 1.165) is 71.8 Å². The van der Waals surface area contributed by atoms with Gasteiger partial charge in [-0.3, -0.25) is 10.1 Å². The minimum Gasteiger partial charge on any atom is -0.333 e. The van der Waals surface area contributed by atoms with Crippen molar-refractivity contribution in [2.45, 2.75) is 91.1 Å². The van der Waals surface area contributed by atoms with Crippen LogP contribution in [0.2, 0.25) is 0 Å². The Balaban J connectivity index is 0.962. The molecule has 0 saturated carbocycles. The third kappa shape index (κ3) is 7.96. The van der Waals surface area contributed by atoms with E-state index in [9.17, 15) is 9.59 Å². The van der Waals surface area contributed by atoms with Crippen molar-refractivity contribution in [1.29, 1.82) is 0 Å². The van der Waals surface area contributed by atoms with Gasteiger partial charge in [0.05, 0.1) is 11.4 Å². The summed E-state index contributed by atoms with van der Waals surface area (Å²) >= 11 is 0. The van der Waals surface area contributed by atoms with E-state index in [2.05, 4.69) is 58.4 Å². The van der Waals surface area contributed by atoms with Crippen molar-refractivity contribution in [2.24, 2.45) is 5.92 Å². The molecule has 10 heteroatoms. The van der Waals surface area contributed by atoms with E-state index in [0.29, 0.717) is 23.2 Å². The van der Waals surface area contributed by atoms with Gasteiger partial charge in [0.25, 0.3) is 5.91 Å². The zero-order valence-corrected chi connectivity index (χ0v) is 31.9. The lowest BCUT2D eigenvalue weighted by Crippen LogP contribution is -2.46. The monoisotopic (exact) mass is 710 g/mol. The second-order valence-electron chi connectivity index (χ2n) is 15.9. The smallest absolute Gasteiger partial charge is 0.324 e. The molecule has 0 radical (unpaired) electrons. The highest BCUT2D eigenvalue weighted by atomic mass is 16.2. The van der Waals surface area contributed by atoms with Gasteiger partial charge < -0.3 is 15.1 Å². The van der Waals surface area contributed by atoms with Crippen LogP contribution in [0.4, 0.5) is 27.9 Å². The van der Waals surface area contributed by atoms with Crippen LogP contribution in [0, 0.1) is 26.7 Å². The first kappa shape index (κ1) is 35.9. The van der Waals surface area contributed by atoms with Gasteiger partial charge in [0.1, 0.15) is 5.82 Å². The van der Waals surface area contributed by atoms with E-state index in [4.69, 9.17) is 5.10 Å². The zero-order chi connectivity index (χ0) is 37.4. The largest absolute Gasteiger partial charge is 0.333 e. The van der Waals surface area contributed by atoms with Gasteiger partial charge in [-0.15, -0.1) is 0 Å². The number of fused-ring (bicyclic) bond motifs is 2. The fourth-order valence-corrected chi connectivity index (χ4v) is 7.81. The molecule has 7 rings (SSSR count). The number of piperidine rings is 1. The Hall–Kier alpha value is -5.51. The zero-order valence-electron chi connectivity index (χ0n) is 31.9. The molecule has 3 aromatic carbocycles. The molecule has 2 aliphatic heterocycles. The van der Waals surface area contributed by atoms with Crippen LogP contribution in [0.15, 0.2) is 84.9 Å². The number of amides is 3. The summed E-state index contributed by atoms with van der Waals surface area (Å²) in [6.45, 7) is 12.3. The van der Waals surface area contributed by atoms with Crippen LogP contribution in [0.3, 0.4) is 0 Å². The van der Waals surface area contributed by atoms with Gasteiger partial charge in [0.2, 0.25) is 5.95 Å². The fourth-order valence-electron chi connectivity index (χ4n) is 7.81. The number of rotatable bonds is 8. The molecule has 5 aromatic rings. The summed E-state index contributed by atoms with van der Waals surface area (Å²) in [4.78, 5) is 40.5. The van der Waals surface area contributed by atoms with Crippen molar-refractivity contribution in [3.8, 4) is 5.69 Å². The van der Waals surface area contributed by atoms with Gasteiger partial charge in [0, 0.05) is 58.9 Å². The van der Waals surface area contributed by atoms with Crippen molar-refractivity contribution in [3.05, 3.63) is 119 Å². The Labute approximate surface area is 312 Å². The maximum absolute atomic E-state index is 14.0. The SMILES string of the molecule is Cc1ccc(-n2nc(C(C)(C)C)cc2NC(=O)Nc2ccc(CC3CC4CCC(C3)N4C(=O)c3cccc(N(C)c4nc(C)cc(C)n4)c3)cc2)cc1. The van der Waals surface area contributed by atoms with Crippen molar-refractivity contribution in [1.82, 2.24) is 24.6 Å². The van der Waals surface area contributed by atoms with Crippen molar-refractivity contribution >= 4 is 35.1 Å². The summed E-state index contributed by atoms with van der Waals surface area (Å²) in [7, 11) is 1.94. The molecule has 2 fully saturated rings. The highest BCUT2D eigenvalue weighted by Gasteiger charge is 2.43. The van der Waals surface area contributed by atoms with Crippen LogP contribution in [0.25, 0.3) is 5.69 Å². The Kier molecular flexibility index (Phi) is 9.81. The topological polar surface area (TPSA) is 108 Å². The number of aromatic nitrogens is 4. The van der Waals surface area contributed by atoms with Crippen molar-refractivity contribution < 1.29 is 9.59 Å². The number of benzene rings is 3. The normalized spacial score (nSPS) is 18.2. The maximum Gasteiger partial charge on any atom is 0.324 e. The summed E-state index contributed by atoms with van der Waals surface area (Å²) in [5, 5.41) is 10.8. The quantitative estimate of drug-likeness (QED) is 0.167. The molecule has 2 unspecified atom stereocenters. The predicted molar refractivity (Wildman–Crippen MR) is 212 cm³/mol. The van der Waals surface area contributed by atoms with Crippen LogP contribution in [-0.4, -0.2) is 55.7 Å². The second-order valence-corrected chi connectivity index (χ2v) is 15.9. The summed E-state index contributed by atoms with van der Waals surface area (Å²) < 4.78 is 1.78. The number of aryl methyl sites for hydroxylation is 3. The van der Waals surface area contributed by atoms with Gasteiger partial charge in [0.15, 0.2) is 0 Å². The third-order valence-electron chi connectivity index (χ3n) is 10.6. The average molecular weight is 711 g/mol. The van der Waals surface area contributed by atoms with Crippen LogP contribution < -0.4 is 15.5 Å². The third-order valence-corrected chi connectivity index (χ3v) is 10.6. The lowest BCUT2D eigenvalue weighted by atomic mass is 9.85. The number of carbonyl (C=O) groups excluding carboxylic acids is 2. The van der Waals surface area contributed by atoms with E-state index < -0.39 is 0 Å². The van der Waals surface area contributed by atoms with Gasteiger partial charge in [-0.25, -0.2) is 19.4 Å². The molecule has 2 aliphatic rings. The molecule has 10 nitrogen and oxygen atoms in total. The van der Waals surface area contributed by atoms with Gasteiger partial charge >= 0.3 is 6.03 Å². The summed E-state index contributed by atoms with van der Waals surface area (Å²) in [5.41, 5.74) is 8.14. The first-order chi connectivity index (χ1) is 25.3. The van der Waals surface area contributed by atoms with Crippen LogP contribution in [0.5, 0.6) is 0 Å². The minimum atomic E-state index is -0.323. The first-order valence-electron chi connectivity index (χ1n) is 18.6. The van der Waals surface area contributed by atoms with Gasteiger partial charge in [-0.2, -0.15) is 5.10 Å². The van der Waals surface area contributed by atoms with E-state index >= 15 is 0 Å². The molecular weight excluding hydrogens is 661 g/mol. The molecule has 2 bridgehead atoms. The highest BCUT2D eigenvalue weighted by Crippen LogP contribution is 2.41. The number of carbonyl (C=O) groups is 2. The number of anilines is 4. The number of hydrogen-bond acceptors (Lipinski definition) is 6. The summed E-state index contributed by atoms with van der Waals surface area (Å²) in [6, 6.07) is 28.1. The van der Waals surface area contributed by atoms with E-state index in [-0.39, 0.29) is 29.4 Å². The minimum absolute atomic E-state index is 0.109. The molecule has 0 spiro atoms. The molecular formula is C43H50N8O2. The molecule has 274 valence electrons. The van der Waals surface area contributed by atoms with Crippen LogP contribution in [0.1, 0.15) is 85.0 Å². The Bertz CT molecular complexity index is 2080. The number of nitrogens with one attached hydrogen (secondary N) is 2. The van der Waals surface area contributed by atoms with Gasteiger partial charge in [-0.05, 0) is 113 Å². The highest BCUT2D eigenvalue weighted by molar-refractivity contribution is 5.99. The average Bonchev–Trinajstić information content (AvgIpc) is 3.66. The van der Waals surface area contributed by atoms with Crippen molar-refractivity contribution in [3.63, 3.8) is 0 Å². The van der Waals surface area contributed by atoms with Crippen molar-refractivity contribution in [2.75, 3.05) is 22.6 Å². The van der Waals surface area contributed by atoms with Gasteiger partial charge in [-0.1, -0.05) is 56.7 Å². The maximum atomic E-state index is 14.0. The van der Waals surface area contributed by atoms with Crippen LogP contribution >= 0.6 is 0 Å². The van der Waals surface area contributed by atoms with E-state index in [1.54, 1.807) is 4.68 Å². The summed E-state index contributed by atoms with van der Waals surface area (Å²) in [6.07, 6.45) is 5.02. The second kappa shape index (κ2) is 14.5. The number of nitrogens with zero attached hydrogens (tertiary/aromatic N) is 6. The Morgan fingerprint density at radius 1 is 0.830 bits per heavy atom. The molecule has 2 aromatic heterocycles. The Morgan fingerprint density at radius 2 is 1.49 bits per heavy atom. The standard InChI is InChI=1S/C43H50N8O2/c1-27-11-17-34(18-12-27)51-39(26-38(48-51)43(4,5)6)47-42(53)46-33-15-13-30(14-16-33)22-31-23-36-19-20-37(24-31)50(36)40(52)32-9-8-10-35(25-32)49(7)41-44-28(2)21-29(3)45-41/h8-18,21,25-26,31,36-37H,19-20,22-24H2,1-7H3,(H2,46,47,53). The van der Waals surface area contributed by atoms with E-state index in [1.165, 1.54) is 5.56 Å². The summed E-state index contributed by atoms with van der Waals surface area (Å²) in [5.74, 6) is 1.84. The van der Waals surface area contributed by atoms with E-state index in [1.807, 2.05) is 106 Å². The molecule has 2 N–H and O–H groups in total. The molecule has 3 amide bonds. The molecule has 53 heavy (non-hydrogen) atoms. The first-order valence-corrected chi connectivity index (χ1v) is 18.6. The number of urea groups is 1. The molecule has 0 aliphatic carbocycles. The van der Waals surface area contributed by atoms with Crippen LogP contribution in [-0.2, 0) is 11.8 Å². The fraction of sp³-hybridized carbons (Fsp3) is 0.372. The predicted octanol–water partition coefficient (Wildman–Crippen LogP) is 8.92. The molecule has 4 heterocycles. The Morgan fingerprint density at radius 3 is 2.13 bits per heavy atom. The molecule has 2 atom stereocenters.